The van der Waals surface area contributed by atoms with Gasteiger partial charge in [-0.05, 0) is 24.8 Å². The number of aromatic nitrogens is 6. The predicted octanol–water partition coefficient (Wildman–Crippen LogP) is 1.89. The maximum absolute atomic E-state index is 13.4. The van der Waals surface area contributed by atoms with E-state index in [2.05, 4.69) is 25.4 Å². The van der Waals surface area contributed by atoms with E-state index in [0.717, 1.165) is 5.69 Å². The number of carbonyl (C=O) groups excluding carboxylic acids is 1. The lowest BCUT2D eigenvalue weighted by molar-refractivity contribution is -0.109. The van der Waals surface area contributed by atoms with Crippen LogP contribution in [0.3, 0.4) is 0 Å². The van der Waals surface area contributed by atoms with Crippen LogP contribution in [0.25, 0.3) is 5.78 Å². The van der Waals surface area contributed by atoms with Crippen LogP contribution < -0.4 is 5.32 Å². The Morgan fingerprint density at radius 1 is 1.37 bits per heavy atom. The van der Waals surface area contributed by atoms with E-state index in [-0.39, 0.29) is 23.3 Å². The van der Waals surface area contributed by atoms with Gasteiger partial charge in [0.25, 0.3) is 12.2 Å². The number of hydrogen-bond acceptors (Lipinski definition) is 5. The van der Waals surface area contributed by atoms with Crippen LogP contribution in [0.15, 0.2) is 24.9 Å². The molecule has 2 unspecified atom stereocenters. The Labute approximate surface area is 154 Å². The molecule has 8 nitrogen and oxygen atoms in total. The molecule has 0 spiro atoms. The van der Waals surface area contributed by atoms with Crippen LogP contribution in [0.2, 0.25) is 0 Å². The molecule has 3 heterocycles. The fourth-order valence-corrected chi connectivity index (χ4v) is 3.21. The minimum absolute atomic E-state index is 0.0765. The van der Waals surface area contributed by atoms with E-state index in [1.807, 2.05) is 18.5 Å². The number of nitrogens with zero attached hydrogens (tertiary/aromatic N) is 6. The fourth-order valence-electron chi connectivity index (χ4n) is 3.21. The quantitative estimate of drug-likeness (QED) is 0.454. The summed E-state index contributed by atoms with van der Waals surface area (Å²) in [5.74, 6) is 0.0854. The van der Waals surface area contributed by atoms with Gasteiger partial charge in [0, 0.05) is 31.4 Å². The molecule has 0 radical (unpaired) electrons. The largest absolute Gasteiger partial charge is 0.359 e. The second-order valence-electron chi connectivity index (χ2n) is 6.52. The molecule has 10 heteroatoms. The van der Waals surface area contributed by atoms with Crippen molar-refractivity contribution in [2.75, 3.05) is 6.54 Å². The molecule has 0 bridgehead atoms. The monoisotopic (exact) mass is 377 g/mol. The van der Waals surface area contributed by atoms with E-state index in [1.165, 1.54) is 16.9 Å². The van der Waals surface area contributed by atoms with E-state index in [9.17, 15) is 13.6 Å². The molecule has 144 valence electrons. The molecule has 0 aliphatic rings. The van der Waals surface area contributed by atoms with Gasteiger partial charge in [-0.25, -0.2) is 23.3 Å². The van der Waals surface area contributed by atoms with Crippen molar-refractivity contribution in [2.24, 2.45) is 13.0 Å². The topological polar surface area (TPSA) is 90.0 Å². The highest BCUT2D eigenvalue weighted by atomic mass is 19.3. The van der Waals surface area contributed by atoms with E-state index in [0.29, 0.717) is 31.5 Å². The summed E-state index contributed by atoms with van der Waals surface area (Å²) in [4.78, 5) is 22.6. The third kappa shape index (κ3) is 4.09. The van der Waals surface area contributed by atoms with Crippen LogP contribution in [0.5, 0.6) is 0 Å². The first-order chi connectivity index (χ1) is 13.0. The normalized spacial score (nSPS) is 13.8. The standard InChI is InChI=1S/C17H21F2N7O/c1-11(3-4-20-10-27)13(5-12-7-21-9-25(12)2)15-6-14(16(18)19)24-17-22-8-23-26(15)17/h6-11,13,16H,3-5H2,1-2H3,(H,20,27). The van der Waals surface area contributed by atoms with E-state index < -0.39 is 6.43 Å². The number of amides is 1. The number of fused-ring (bicyclic) bond motifs is 1. The molecule has 0 saturated heterocycles. The Bertz CT molecular complexity index is 908. The summed E-state index contributed by atoms with van der Waals surface area (Å²) in [7, 11) is 1.89. The first-order valence-corrected chi connectivity index (χ1v) is 8.62. The Hall–Kier alpha value is -2.91. The molecule has 0 saturated carbocycles. The minimum Gasteiger partial charge on any atom is -0.359 e. The van der Waals surface area contributed by atoms with Gasteiger partial charge in [-0.15, -0.1) is 0 Å². The summed E-state index contributed by atoms with van der Waals surface area (Å²) in [6, 6.07) is 1.40. The Kier molecular flexibility index (Phi) is 5.72. The van der Waals surface area contributed by atoms with Crippen LogP contribution in [-0.4, -0.2) is 42.1 Å². The average Bonchev–Trinajstić information content (AvgIpc) is 3.27. The van der Waals surface area contributed by atoms with Crippen molar-refractivity contribution in [3.05, 3.63) is 42.0 Å². The van der Waals surface area contributed by atoms with Gasteiger partial charge in [-0.1, -0.05) is 6.92 Å². The molecule has 0 fully saturated rings. The molecule has 3 aromatic rings. The third-order valence-electron chi connectivity index (χ3n) is 4.76. The third-order valence-corrected chi connectivity index (χ3v) is 4.76. The summed E-state index contributed by atoms with van der Waals surface area (Å²) >= 11 is 0. The number of rotatable bonds is 9. The van der Waals surface area contributed by atoms with E-state index in [1.54, 1.807) is 12.5 Å². The summed E-state index contributed by atoms with van der Waals surface area (Å²) in [6.07, 6.45) is 3.99. The van der Waals surface area contributed by atoms with E-state index >= 15 is 0 Å². The molecular weight excluding hydrogens is 356 g/mol. The second kappa shape index (κ2) is 8.19. The van der Waals surface area contributed by atoms with E-state index in [4.69, 9.17) is 0 Å². The Morgan fingerprint density at radius 3 is 2.85 bits per heavy atom. The summed E-state index contributed by atoms with van der Waals surface area (Å²) in [6.45, 7) is 2.53. The molecule has 27 heavy (non-hydrogen) atoms. The van der Waals surface area contributed by atoms with Gasteiger partial charge >= 0.3 is 0 Å². The molecule has 3 aromatic heterocycles. The van der Waals surface area contributed by atoms with Crippen LogP contribution in [0, 0.1) is 5.92 Å². The average molecular weight is 377 g/mol. The van der Waals surface area contributed by atoms with Gasteiger partial charge in [0.05, 0.1) is 12.0 Å². The number of carbonyl (C=O) groups is 1. The minimum atomic E-state index is -2.70. The van der Waals surface area contributed by atoms with Gasteiger partial charge in [0.1, 0.15) is 12.0 Å². The summed E-state index contributed by atoms with van der Waals surface area (Å²) in [5, 5.41) is 6.83. The number of imidazole rings is 1. The molecule has 0 aliphatic carbocycles. The summed E-state index contributed by atoms with van der Waals surface area (Å²) in [5.41, 5.74) is 1.27. The smallest absolute Gasteiger partial charge is 0.280 e. The first kappa shape index (κ1) is 18.9. The molecule has 2 atom stereocenters. The van der Waals surface area contributed by atoms with Crippen molar-refractivity contribution in [3.63, 3.8) is 0 Å². The highest BCUT2D eigenvalue weighted by Gasteiger charge is 2.26. The van der Waals surface area contributed by atoms with Gasteiger partial charge in [-0.3, -0.25) is 4.79 Å². The van der Waals surface area contributed by atoms with Crippen molar-refractivity contribution in [3.8, 4) is 0 Å². The zero-order chi connectivity index (χ0) is 19.4. The number of nitrogens with one attached hydrogen (secondary N) is 1. The lowest BCUT2D eigenvalue weighted by Gasteiger charge is -2.25. The van der Waals surface area contributed by atoms with Crippen LogP contribution >= 0.6 is 0 Å². The predicted molar refractivity (Wildman–Crippen MR) is 93.2 cm³/mol. The molecule has 0 aliphatic heterocycles. The second-order valence-corrected chi connectivity index (χ2v) is 6.52. The lowest BCUT2D eigenvalue weighted by Crippen LogP contribution is -2.23. The van der Waals surface area contributed by atoms with Crippen LogP contribution in [0.4, 0.5) is 8.78 Å². The van der Waals surface area contributed by atoms with Gasteiger partial charge < -0.3 is 9.88 Å². The van der Waals surface area contributed by atoms with Crippen LogP contribution in [-0.2, 0) is 18.3 Å². The highest BCUT2D eigenvalue weighted by molar-refractivity contribution is 5.45. The molecule has 3 rings (SSSR count). The van der Waals surface area contributed by atoms with Crippen molar-refractivity contribution in [1.29, 1.82) is 0 Å². The Balaban J connectivity index is 2.03. The number of aryl methyl sites for hydroxylation is 1. The van der Waals surface area contributed by atoms with Crippen molar-refractivity contribution in [1.82, 2.24) is 34.4 Å². The number of alkyl halides is 2. The van der Waals surface area contributed by atoms with Gasteiger partial charge in [0.15, 0.2) is 0 Å². The molecule has 0 aromatic carbocycles. The van der Waals surface area contributed by atoms with Gasteiger partial charge in [0.2, 0.25) is 6.41 Å². The molecule has 1 amide bonds. The zero-order valence-electron chi connectivity index (χ0n) is 15.1. The van der Waals surface area contributed by atoms with Gasteiger partial charge in [-0.2, -0.15) is 10.1 Å². The lowest BCUT2D eigenvalue weighted by atomic mass is 9.84. The maximum atomic E-state index is 13.4. The zero-order valence-corrected chi connectivity index (χ0v) is 15.1. The first-order valence-electron chi connectivity index (χ1n) is 8.62. The van der Waals surface area contributed by atoms with Crippen molar-refractivity contribution < 1.29 is 13.6 Å². The fraction of sp³-hybridized carbons (Fsp3) is 0.471. The highest BCUT2D eigenvalue weighted by Crippen LogP contribution is 2.32. The SMILES string of the molecule is CC(CCNC=O)C(Cc1cncn1C)c1cc(C(F)F)nc2ncnn12. The van der Waals surface area contributed by atoms with Crippen molar-refractivity contribution in [2.45, 2.75) is 32.1 Å². The van der Waals surface area contributed by atoms with Crippen LogP contribution in [0.1, 0.15) is 42.8 Å². The summed E-state index contributed by atoms with van der Waals surface area (Å²) < 4.78 is 30.1. The molecule has 1 N–H and O–H groups in total. The number of halogens is 2. The molecular formula is C17H21F2N7O. The van der Waals surface area contributed by atoms with Crippen molar-refractivity contribution >= 4 is 12.2 Å². The number of hydrogen-bond donors (Lipinski definition) is 1. The Morgan fingerprint density at radius 2 is 2.19 bits per heavy atom. The maximum Gasteiger partial charge on any atom is 0.280 e.